The zero-order chi connectivity index (χ0) is 37.1. The van der Waals surface area contributed by atoms with E-state index in [9.17, 15) is 39.5 Å². The fourth-order valence-corrected chi connectivity index (χ4v) is 7.57. The van der Waals surface area contributed by atoms with E-state index in [1.807, 2.05) is 6.92 Å². The van der Waals surface area contributed by atoms with E-state index in [2.05, 4.69) is 16.9 Å². The maximum absolute atomic E-state index is 15.2. The summed E-state index contributed by atoms with van der Waals surface area (Å²) in [6, 6.07) is 0.554. The maximum Gasteiger partial charge on any atom is 0.527 e. The highest BCUT2D eigenvalue weighted by molar-refractivity contribution is 5.66. The van der Waals surface area contributed by atoms with Crippen molar-refractivity contribution in [1.29, 1.82) is 0 Å². The first-order valence-corrected chi connectivity index (χ1v) is 17.0. The van der Waals surface area contributed by atoms with Crippen LogP contribution < -0.4 is 4.74 Å². The summed E-state index contributed by atoms with van der Waals surface area (Å²) in [7, 11) is 0. The van der Waals surface area contributed by atoms with Crippen LogP contribution >= 0.6 is 0 Å². The van der Waals surface area contributed by atoms with Crippen LogP contribution in [0.3, 0.4) is 0 Å². The van der Waals surface area contributed by atoms with E-state index in [1.165, 1.54) is 19.3 Å². The lowest BCUT2D eigenvalue weighted by Gasteiger charge is -2.41. The Morgan fingerprint density at radius 3 is 1.78 bits per heavy atom. The summed E-state index contributed by atoms with van der Waals surface area (Å²) >= 11 is 0. The molecule has 0 N–H and O–H groups in total. The van der Waals surface area contributed by atoms with Crippen molar-refractivity contribution in [2.24, 2.45) is 29.6 Å². The second-order valence-corrected chi connectivity index (χ2v) is 13.6. The number of hydrogen-bond donors (Lipinski definition) is 0. The average molecular weight is 745 g/mol. The standard InChI is InChI=1S/C36H39F11O4/c1-2-3-4-5-20-6-8-21(9-7-20)24-18-48-33(49-19-24)22-10-12-25(13-11-22)34(41,42)50-26-16-27(37)31(28(38)17-26)23-14-29(39)32(30(40)15-23)35(43,44)51-36(45,46)47/h2-3,14-17,20-22,24-25,33H,4-13,18-19H2,1H3. The molecule has 1 saturated heterocycles. The fraction of sp³-hybridized carbons (Fsp3) is 0.611. The largest absolute Gasteiger partial charge is 0.527 e. The smallest absolute Gasteiger partial charge is 0.432 e. The Kier molecular flexibility index (Phi) is 12.3. The van der Waals surface area contributed by atoms with E-state index in [0.717, 1.165) is 25.2 Å². The van der Waals surface area contributed by atoms with Crippen LogP contribution in [0, 0.1) is 52.9 Å². The molecule has 1 heterocycles. The van der Waals surface area contributed by atoms with Crippen molar-refractivity contribution < 1.29 is 67.2 Å². The molecule has 0 bridgehead atoms. The Morgan fingerprint density at radius 1 is 0.706 bits per heavy atom. The van der Waals surface area contributed by atoms with Crippen molar-refractivity contribution in [2.75, 3.05) is 13.2 Å². The lowest BCUT2D eigenvalue weighted by Crippen LogP contribution is -2.43. The van der Waals surface area contributed by atoms with Gasteiger partial charge in [0.05, 0.1) is 24.7 Å². The molecule has 4 nitrogen and oxygen atoms in total. The minimum atomic E-state index is -5.98. The van der Waals surface area contributed by atoms with E-state index >= 15 is 8.78 Å². The SMILES string of the molecule is CC=CCCC1CCC(C2COC(C3CCC(C(F)(F)Oc4cc(F)c(-c5cc(F)c(C(F)(F)OC(F)(F)F)c(F)c5)c(F)c4)CC3)OC2)CC1. The zero-order valence-electron chi connectivity index (χ0n) is 27.7. The number of allylic oxidation sites excluding steroid dienone is 2. The predicted molar refractivity (Wildman–Crippen MR) is 162 cm³/mol. The highest BCUT2D eigenvalue weighted by Crippen LogP contribution is 2.45. The first-order valence-electron chi connectivity index (χ1n) is 17.0. The molecule has 15 heteroatoms. The van der Waals surface area contributed by atoms with Gasteiger partial charge in [-0.25, -0.2) is 22.3 Å². The summed E-state index contributed by atoms with van der Waals surface area (Å²) in [5.41, 5.74) is -4.71. The van der Waals surface area contributed by atoms with Crippen LogP contribution in [0.5, 0.6) is 5.75 Å². The Hall–Kier alpha value is -2.91. The topological polar surface area (TPSA) is 36.9 Å². The highest BCUT2D eigenvalue weighted by atomic mass is 19.4. The van der Waals surface area contributed by atoms with Gasteiger partial charge in [0.25, 0.3) is 0 Å². The normalized spacial score (nSPS) is 26.8. The lowest BCUT2D eigenvalue weighted by atomic mass is 9.74. The van der Waals surface area contributed by atoms with Crippen molar-refractivity contribution >= 4 is 0 Å². The van der Waals surface area contributed by atoms with Crippen molar-refractivity contribution in [3.63, 3.8) is 0 Å². The van der Waals surface area contributed by atoms with Gasteiger partial charge >= 0.3 is 18.6 Å². The van der Waals surface area contributed by atoms with Crippen molar-refractivity contribution in [3.8, 4) is 16.9 Å². The first-order chi connectivity index (χ1) is 24.0. The molecule has 51 heavy (non-hydrogen) atoms. The monoisotopic (exact) mass is 744 g/mol. The van der Waals surface area contributed by atoms with E-state index in [0.29, 0.717) is 50.0 Å². The number of hydrogen-bond acceptors (Lipinski definition) is 4. The zero-order valence-corrected chi connectivity index (χ0v) is 27.7. The molecule has 0 radical (unpaired) electrons. The molecule has 5 rings (SSSR count). The Morgan fingerprint density at radius 2 is 1.25 bits per heavy atom. The summed E-state index contributed by atoms with van der Waals surface area (Å²) in [5, 5.41) is 0. The van der Waals surface area contributed by atoms with E-state index < -0.39 is 76.5 Å². The van der Waals surface area contributed by atoms with Gasteiger partial charge in [0, 0.05) is 24.0 Å². The van der Waals surface area contributed by atoms with Crippen LogP contribution in [-0.4, -0.2) is 32.0 Å². The summed E-state index contributed by atoms with van der Waals surface area (Å²) in [4.78, 5) is 0. The third-order valence-corrected chi connectivity index (χ3v) is 10.3. The number of alkyl halides is 7. The second-order valence-electron chi connectivity index (χ2n) is 13.6. The molecule has 1 aliphatic heterocycles. The molecule has 2 aromatic carbocycles. The van der Waals surface area contributed by atoms with Crippen molar-refractivity contribution in [3.05, 3.63) is 65.2 Å². The first kappa shape index (κ1) is 39.3. The summed E-state index contributed by atoms with van der Waals surface area (Å²) in [6.45, 7) is 3.12. The Labute approximate surface area is 288 Å². The van der Waals surface area contributed by atoms with E-state index in [1.54, 1.807) is 0 Å². The van der Waals surface area contributed by atoms with Gasteiger partial charge in [-0.05, 0) is 87.8 Å². The van der Waals surface area contributed by atoms with Crippen LogP contribution in [0.2, 0.25) is 0 Å². The van der Waals surface area contributed by atoms with Crippen LogP contribution in [0.4, 0.5) is 48.3 Å². The molecule has 3 aliphatic rings. The van der Waals surface area contributed by atoms with Gasteiger partial charge in [-0.1, -0.05) is 25.0 Å². The molecule has 0 spiro atoms. The number of halogens is 11. The highest BCUT2D eigenvalue weighted by Gasteiger charge is 2.50. The molecular weight excluding hydrogens is 705 g/mol. The third kappa shape index (κ3) is 9.75. The van der Waals surface area contributed by atoms with Gasteiger partial charge in [-0.3, -0.25) is 0 Å². The van der Waals surface area contributed by atoms with Crippen molar-refractivity contribution in [1.82, 2.24) is 0 Å². The molecule has 284 valence electrons. The lowest BCUT2D eigenvalue weighted by molar-refractivity contribution is -0.432. The number of rotatable bonds is 11. The number of ether oxygens (including phenoxy) is 4. The van der Waals surface area contributed by atoms with Crippen LogP contribution in [0.1, 0.15) is 76.7 Å². The van der Waals surface area contributed by atoms with Crippen LogP contribution in [0.25, 0.3) is 11.1 Å². The van der Waals surface area contributed by atoms with Gasteiger partial charge in [0.2, 0.25) is 0 Å². The third-order valence-electron chi connectivity index (χ3n) is 10.3. The minimum absolute atomic E-state index is 0.00180. The molecule has 0 amide bonds. The van der Waals surface area contributed by atoms with Crippen LogP contribution in [-0.2, 0) is 20.3 Å². The second kappa shape index (κ2) is 16.0. The molecule has 0 atom stereocenters. The maximum atomic E-state index is 15.2. The average Bonchev–Trinajstić information content (AvgIpc) is 3.03. The van der Waals surface area contributed by atoms with Crippen LogP contribution in [0.15, 0.2) is 36.4 Å². The number of benzene rings is 2. The molecular formula is C36H39F11O4. The van der Waals surface area contributed by atoms with Gasteiger partial charge in [-0.15, -0.1) is 13.2 Å². The molecule has 3 fully saturated rings. The molecule has 2 saturated carbocycles. The molecule has 0 aromatic heterocycles. The van der Waals surface area contributed by atoms with Crippen molar-refractivity contribution in [2.45, 2.75) is 96.0 Å². The Bertz CT molecular complexity index is 1460. The summed E-state index contributed by atoms with van der Waals surface area (Å²) in [5.74, 6) is -8.77. The van der Waals surface area contributed by atoms with Gasteiger partial charge in [-0.2, -0.15) is 17.6 Å². The molecule has 2 aromatic rings. The van der Waals surface area contributed by atoms with E-state index in [-0.39, 0.29) is 30.9 Å². The van der Waals surface area contributed by atoms with Gasteiger partial charge < -0.3 is 14.2 Å². The van der Waals surface area contributed by atoms with E-state index in [4.69, 9.17) is 14.2 Å². The Balaban J connectivity index is 1.14. The quantitative estimate of drug-likeness (QED) is 0.170. The van der Waals surface area contributed by atoms with Gasteiger partial charge in [0.15, 0.2) is 6.29 Å². The summed E-state index contributed by atoms with van der Waals surface area (Å²) in [6.07, 6.45) is -4.01. The predicted octanol–water partition coefficient (Wildman–Crippen LogP) is 11.4. The summed E-state index contributed by atoms with van der Waals surface area (Å²) < 4.78 is 173. The molecule has 0 unspecified atom stereocenters. The van der Waals surface area contributed by atoms with Gasteiger partial charge in [0.1, 0.15) is 34.6 Å². The molecule has 2 aliphatic carbocycles. The minimum Gasteiger partial charge on any atom is -0.432 e. The fourth-order valence-electron chi connectivity index (χ4n) is 7.57.